The van der Waals surface area contributed by atoms with Crippen LogP contribution in [0.3, 0.4) is 0 Å². The van der Waals surface area contributed by atoms with Gasteiger partial charge in [-0.15, -0.1) is 0 Å². The van der Waals surface area contributed by atoms with Gasteiger partial charge in [0.25, 0.3) is 0 Å². The molecule has 1 aliphatic carbocycles. The van der Waals surface area contributed by atoms with Crippen molar-refractivity contribution >= 4 is 21.6 Å². The summed E-state index contributed by atoms with van der Waals surface area (Å²) in [5.74, 6) is 0.295. The SMILES string of the molecule is COc1ccc(Cl)cc1S(=O)(=O)NCCC1=CCCCC1. The molecule has 0 saturated carbocycles. The van der Waals surface area contributed by atoms with E-state index in [1.807, 2.05) is 0 Å². The maximum absolute atomic E-state index is 12.3. The first kappa shape index (κ1) is 16.3. The number of ether oxygens (including phenoxy) is 1. The smallest absolute Gasteiger partial charge is 0.244 e. The topological polar surface area (TPSA) is 55.4 Å². The molecule has 0 radical (unpaired) electrons. The van der Waals surface area contributed by atoms with Gasteiger partial charge < -0.3 is 4.74 Å². The second-order valence-corrected chi connectivity index (χ2v) is 7.22. The van der Waals surface area contributed by atoms with Crippen molar-refractivity contribution in [1.29, 1.82) is 0 Å². The number of hydrogen-bond donors (Lipinski definition) is 1. The first-order valence-electron chi connectivity index (χ1n) is 7.04. The predicted octanol–water partition coefficient (Wildman–Crippen LogP) is 3.52. The zero-order chi connectivity index (χ0) is 15.3. The average Bonchev–Trinajstić information content (AvgIpc) is 2.48. The second kappa shape index (κ2) is 7.29. The van der Waals surface area contributed by atoms with Gasteiger partial charge in [-0.05, 0) is 50.3 Å². The molecule has 0 aliphatic heterocycles. The van der Waals surface area contributed by atoms with Gasteiger partial charge >= 0.3 is 0 Å². The quantitative estimate of drug-likeness (QED) is 0.812. The van der Waals surface area contributed by atoms with Gasteiger partial charge in [0, 0.05) is 11.6 Å². The molecule has 0 atom stereocenters. The monoisotopic (exact) mass is 329 g/mol. The van der Waals surface area contributed by atoms with Crippen molar-refractivity contribution in [3.8, 4) is 5.75 Å². The third-order valence-electron chi connectivity index (χ3n) is 3.54. The van der Waals surface area contributed by atoms with Crippen molar-refractivity contribution in [2.75, 3.05) is 13.7 Å². The van der Waals surface area contributed by atoms with Crippen LogP contribution in [0.5, 0.6) is 5.75 Å². The molecule has 21 heavy (non-hydrogen) atoms. The van der Waals surface area contributed by atoms with Gasteiger partial charge in [0.05, 0.1) is 7.11 Å². The summed E-state index contributed by atoms with van der Waals surface area (Å²) in [4.78, 5) is 0.0788. The van der Waals surface area contributed by atoms with Crippen LogP contribution in [0.15, 0.2) is 34.7 Å². The number of rotatable bonds is 6. The highest BCUT2D eigenvalue weighted by Gasteiger charge is 2.19. The van der Waals surface area contributed by atoms with E-state index in [4.69, 9.17) is 16.3 Å². The summed E-state index contributed by atoms with van der Waals surface area (Å²) in [6.07, 6.45) is 7.57. The number of nitrogens with one attached hydrogen (secondary N) is 1. The fourth-order valence-corrected chi connectivity index (χ4v) is 3.88. The fraction of sp³-hybridized carbons (Fsp3) is 0.467. The molecule has 0 heterocycles. The van der Waals surface area contributed by atoms with E-state index in [9.17, 15) is 8.42 Å². The van der Waals surface area contributed by atoms with Gasteiger partial charge in [-0.25, -0.2) is 13.1 Å². The Morgan fingerprint density at radius 3 is 2.81 bits per heavy atom. The molecule has 0 spiro atoms. The lowest BCUT2D eigenvalue weighted by Gasteiger charge is -2.14. The van der Waals surface area contributed by atoms with Crippen LogP contribution in [-0.2, 0) is 10.0 Å². The van der Waals surface area contributed by atoms with Crippen LogP contribution in [0.25, 0.3) is 0 Å². The Kier molecular flexibility index (Phi) is 5.67. The summed E-state index contributed by atoms with van der Waals surface area (Å²) in [7, 11) is -2.17. The van der Waals surface area contributed by atoms with E-state index in [1.165, 1.54) is 31.6 Å². The third-order valence-corrected chi connectivity index (χ3v) is 5.26. The van der Waals surface area contributed by atoms with Crippen LogP contribution >= 0.6 is 11.6 Å². The molecule has 0 unspecified atom stereocenters. The number of benzene rings is 1. The first-order valence-corrected chi connectivity index (χ1v) is 8.90. The lowest BCUT2D eigenvalue weighted by Crippen LogP contribution is -2.25. The van der Waals surface area contributed by atoms with E-state index >= 15 is 0 Å². The molecule has 1 aromatic carbocycles. The highest BCUT2D eigenvalue weighted by atomic mass is 35.5. The normalized spacial score (nSPS) is 15.6. The van der Waals surface area contributed by atoms with Crippen LogP contribution in [0.2, 0.25) is 5.02 Å². The van der Waals surface area contributed by atoms with Crippen LogP contribution in [0.4, 0.5) is 0 Å². The van der Waals surface area contributed by atoms with E-state index in [1.54, 1.807) is 12.1 Å². The van der Waals surface area contributed by atoms with Crippen molar-refractivity contribution in [1.82, 2.24) is 4.72 Å². The summed E-state index contributed by atoms with van der Waals surface area (Å²) in [5, 5.41) is 0.367. The molecular formula is C15H20ClNO3S. The van der Waals surface area contributed by atoms with Crippen molar-refractivity contribution in [2.24, 2.45) is 0 Å². The lowest BCUT2D eigenvalue weighted by molar-refractivity contribution is 0.402. The molecule has 0 fully saturated rings. The summed E-state index contributed by atoms with van der Waals surface area (Å²) in [6.45, 7) is 0.393. The number of halogens is 1. The van der Waals surface area contributed by atoms with Gasteiger partial charge in [0.1, 0.15) is 10.6 Å². The summed E-state index contributed by atoms with van der Waals surface area (Å²) < 4.78 is 32.4. The van der Waals surface area contributed by atoms with Gasteiger partial charge in [0.15, 0.2) is 0 Å². The van der Waals surface area contributed by atoms with Crippen molar-refractivity contribution < 1.29 is 13.2 Å². The number of allylic oxidation sites excluding steroid dienone is 1. The number of sulfonamides is 1. The molecule has 4 nitrogen and oxygen atoms in total. The second-order valence-electron chi connectivity index (χ2n) is 5.05. The summed E-state index contributed by atoms with van der Waals surface area (Å²) >= 11 is 5.88. The van der Waals surface area contributed by atoms with Gasteiger partial charge in [-0.3, -0.25) is 0 Å². The Labute approximate surface area is 131 Å². The van der Waals surface area contributed by atoms with Crippen LogP contribution in [0, 0.1) is 0 Å². The largest absolute Gasteiger partial charge is 0.495 e. The Bertz CT molecular complexity index is 626. The maximum Gasteiger partial charge on any atom is 0.244 e. The minimum atomic E-state index is -3.61. The minimum absolute atomic E-state index is 0.0788. The lowest BCUT2D eigenvalue weighted by atomic mass is 9.97. The molecule has 6 heteroatoms. The predicted molar refractivity (Wildman–Crippen MR) is 84.4 cm³/mol. The zero-order valence-corrected chi connectivity index (χ0v) is 13.6. The molecule has 2 rings (SSSR count). The molecule has 116 valence electrons. The zero-order valence-electron chi connectivity index (χ0n) is 12.1. The Morgan fingerprint density at radius 1 is 1.33 bits per heavy atom. The van der Waals surface area contributed by atoms with E-state index < -0.39 is 10.0 Å². The molecule has 0 aromatic heterocycles. The number of hydrogen-bond acceptors (Lipinski definition) is 3. The fourth-order valence-electron chi connectivity index (χ4n) is 2.42. The first-order chi connectivity index (χ1) is 10.0. The van der Waals surface area contributed by atoms with Crippen LogP contribution < -0.4 is 9.46 Å². The summed E-state index contributed by atoms with van der Waals surface area (Å²) in [6, 6.07) is 4.56. The van der Waals surface area contributed by atoms with Gasteiger partial charge in [-0.2, -0.15) is 0 Å². The van der Waals surface area contributed by atoms with Gasteiger partial charge in [-0.1, -0.05) is 23.3 Å². The molecular weight excluding hydrogens is 310 g/mol. The molecule has 1 aliphatic rings. The van der Waals surface area contributed by atoms with E-state index in [0.717, 1.165) is 19.3 Å². The molecule has 0 amide bonds. The van der Waals surface area contributed by atoms with E-state index in [-0.39, 0.29) is 4.90 Å². The molecule has 1 N–H and O–H groups in total. The molecule has 1 aromatic rings. The van der Waals surface area contributed by atoms with Crippen molar-refractivity contribution in [3.63, 3.8) is 0 Å². The highest BCUT2D eigenvalue weighted by molar-refractivity contribution is 7.89. The molecule has 0 bridgehead atoms. The standard InChI is InChI=1S/C15H20ClNO3S/c1-20-14-8-7-13(16)11-15(14)21(18,19)17-10-9-12-5-3-2-4-6-12/h5,7-8,11,17H,2-4,6,9-10H2,1H3. The van der Waals surface area contributed by atoms with Gasteiger partial charge in [0.2, 0.25) is 10.0 Å². The van der Waals surface area contributed by atoms with Crippen molar-refractivity contribution in [2.45, 2.75) is 37.0 Å². The average molecular weight is 330 g/mol. The van der Waals surface area contributed by atoms with Crippen molar-refractivity contribution in [3.05, 3.63) is 34.9 Å². The number of methoxy groups -OCH3 is 1. The van der Waals surface area contributed by atoms with E-state index in [2.05, 4.69) is 10.8 Å². The Hall–Kier alpha value is -1.04. The highest BCUT2D eigenvalue weighted by Crippen LogP contribution is 2.27. The summed E-state index contributed by atoms with van der Waals surface area (Å²) in [5.41, 5.74) is 1.34. The van der Waals surface area contributed by atoms with Crippen LogP contribution in [-0.4, -0.2) is 22.1 Å². The Balaban J connectivity index is 2.04. The van der Waals surface area contributed by atoms with Crippen LogP contribution in [0.1, 0.15) is 32.1 Å². The minimum Gasteiger partial charge on any atom is -0.495 e. The Morgan fingerprint density at radius 2 is 2.14 bits per heavy atom. The molecule has 0 saturated heterocycles. The maximum atomic E-state index is 12.3. The third kappa shape index (κ3) is 4.46. The van der Waals surface area contributed by atoms with E-state index in [0.29, 0.717) is 17.3 Å².